The van der Waals surface area contributed by atoms with Gasteiger partial charge < -0.3 is 15.3 Å². The number of nitrogens with zero attached hydrogens (tertiary/aromatic N) is 1. The summed E-state index contributed by atoms with van der Waals surface area (Å²) in [6, 6.07) is 3.75. The monoisotopic (exact) mass is 318 g/mol. The molecule has 2 atom stereocenters. The number of hydrogen-bond donors (Lipinski definition) is 2. The first-order chi connectivity index (χ1) is 8.06. The molecule has 94 valence electrons. The third-order valence-electron chi connectivity index (χ3n) is 2.80. The maximum Gasteiger partial charge on any atom is 0.239 e. The van der Waals surface area contributed by atoms with Crippen LogP contribution in [0.15, 0.2) is 15.9 Å². The Balaban J connectivity index is 1.91. The molecule has 0 aromatic carbocycles. The summed E-state index contributed by atoms with van der Waals surface area (Å²) in [5.74, 6) is 0.0473. The predicted octanol–water partition coefficient (Wildman–Crippen LogP) is 1.19. The lowest BCUT2D eigenvalue weighted by atomic mass is 10.2. The van der Waals surface area contributed by atoms with Gasteiger partial charge in [-0.2, -0.15) is 0 Å². The molecule has 4 nitrogen and oxygen atoms in total. The lowest BCUT2D eigenvalue weighted by molar-refractivity contribution is -0.132. The van der Waals surface area contributed by atoms with Crippen LogP contribution in [-0.4, -0.2) is 41.7 Å². The second-order valence-corrected chi connectivity index (χ2v) is 6.80. The zero-order valence-electron chi connectivity index (χ0n) is 9.52. The van der Waals surface area contributed by atoms with Gasteiger partial charge in [-0.25, -0.2) is 0 Å². The smallest absolute Gasteiger partial charge is 0.239 e. The Bertz CT molecular complexity index is 410. The molecule has 0 aliphatic carbocycles. The van der Waals surface area contributed by atoms with Crippen molar-refractivity contribution in [3.05, 3.63) is 20.8 Å². The van der Waals surface area contributed by atoms with Crippen LogP contribution >= 0.6 is 27.3 Å². The van der Waals surface area contributed by atoms with E-state index in [0.717, 1.165) is 8.66 Å². The Morgan fingerprint density at radius 2 is 2.47 bits per heavy atom. The molecule has 1 saturated heterocycles. The normalized spacial score (nSPS) is 23.9. The molecule has 1 aromatic rings. The van der Waals surface area contributed by atoms with Crippen molar-refractivity contribution in [2.24, 2.45) is 0 Å². The zero-order valence-corrected chi connectivity index (χ0v) is 11.9. The van der Waals surface area contributed by atoms with Crippen molar-refractivity contribution in [3.8, 4) is 0 Å². The number of rotatable bonds is 3. The van der Waals surface area contributed by atoms with Crippen LogP contribution in [0.25, 0.3) is 0 Å². The number of aliphatic hydroxyl groups is 1. The predicted molar refractivity (Wildman–Crippen MR) is 70.9 cm³/mol. The largest absolute Gasteiger partial charge is 0.392 e. The molecular weight excluding hydrogens is 304 g/mol. The minimum atomic E-state index is -0.395. The summed E-state index contributed by atoms with van der Waals surface area (Å²) < 4.78 is 1.07. The van der Waals surface area contributed by atoms with Crippen LogP contribution in [0.5, 0.6) is 0 Å². The van der Waals surface area contributed by atoms with Gasteiger partial charge in [-0.05, 0) is 34.5 Å². The Hall–Kier alpha value is -0.430. The number of hydrogen-bond acceptors (Lipinski definition) is 4. The molecule has 2 heterocycles. The van der Waals surface area contributed by atoms with Gasteiger partial charge in [0.25, 0.3) is 0 Å². The van der Waals surface area contributed by atoms with E-state index in [2.05, 4.69) is 21.2 Å². The Morgan fingerprint density at radius 1 is 1.71 bits per heavy atom. The molecule has 0 radical (unpaired) electrons. The van der Waals surface area contributed by atoms with E-state index in [1.165, 1.54) is 0 Å². The van der Waals surface area contributed by atoms with Crippen molar-refractivity contribution in [1.82, 2.24) is 10.2 Å². The molecule has 6 heteroatoms. The summed E-state index contributed by atoms with van der Waals surface area (Å²) in [6.07, 6.45) is 0.116. The highest BCUT2D eigenvalue weighted by Crippen LogP contribution is 2.23. The van der Waals surface area contributed by atoms with Gasteiger partial charge in [0.05, 0.1) is 22.5 Å². The maximum absolute atomic E-state index is 12.0. The number of carbonyl (C=O) groups is 1. The highest BCUT2D eigenvalue weighted by Gasteiger charge is 2.30. The molecule has 2 rings (SSSR count). The zero-order chi connectivity index (χ0) is 12.4. The molecule has 0 saturated carbocycles. The molecule has 2 unspecified atom stereocenters. The van der Waals surface area contributed by atoms with Crippen LogP contribution in [0.2, 0.25) is 0 Å². The van der Waals surface area contributed by atoms with Crippen molar-refractivity contribution >= 4 is 33.2 Å². The first-order valence-corrected chi connectivity index (χ1v) is 7.08. The molecule has 0 bridgehead atoms. The van der Waals surface area contributed by atoms with Gasteiger partial charge in [0.1, 0.15) is 0 Å². The molecule has 1 amide bonds. The molecule has 2 N–H and O–H groups in total. The highest BCUT2D eigenvalue weighted by atomic mass is 79.9. The number of nitrogens with one attached hydrogen (secondary N) is 1. The number of aliphatic hydroxyl groups excluding tert-OH is 1. The lowest BCUT2D eigenvalue weighted by Gasteiger charge is -2.20. The number of thiophene rings is 1. The fourth-order valence-electron chi connectivity index (χ4n) is 1.92. The summed E-state index contributed by atoms with van der Waals surface area (Å²) in [4.78, 5) is 14.9. The number of amides is 1. The van der Waals surface area contributed by atoms with Crippen molar-refractivity contribution in [2.45, 2.75) is 25.1 Å². The van der Waals surface area contributed by atoms with Crippen molar-refractivity contribution in [1.29, 1.82) is 0 Å². The standard InChI is InChI=1S/C11H15BrN2O2S/c1-14(6-8-2-3-10(12)17-8)11(16)9-4-7(15)5-13-9/h2-3,7,9,13,15H,4-6H2,1H3. The molecule has 1 fully saturated rings. The van der Waals surface area contributed by atoms with E-state index in [4.69, 9.17) is 0 Å². The SMILES string of the molecule is CN(Cc1ccc(Br)s1)C(=O)C1CC(O)CN1. The van der Waals surface area contributed by atoms with Crippen LogP contribution in [0.1, 0.15) is 11.3 Å². The summed E-state index contributed by atoms with van der Waals surface area (Å²) in [5, 5.41) is 12.4. The van der Waals surface area contributed by atoms with E-state index >= 15 is 0 Å². The molecular formula is C11H15BrN2O2S. The van der Waals surface area contributed by atoms with Gasteiger partial charge in [-0.1, -0.05) is 0 Å². The van der Waals surface area contributed by atoms with Crippen LogP contribution in [0.4, 0.5) is 0 Å². The molecule has 1 aromatic heterocycles. The Labute approximate surface area is 113 Å². The van der Waals surface area contributed by atoms with Gasteiger partial charge >= 0.3 is 0 Å². The van der Waals surface area contributed by atoms with E-state index in [1.807, 2.05) is 12.1 Å². The lowest BCUT2D eigenvalue weighted by Crippen LogP contribution is -2.41. The van der Waals surface area contributed by atoms with E-state index in [1.54, 1.807) is 23.3 Å². The topological polar surface area (TPSA) is 52.6 Å². The van der Waals surface area contributed by atoms with Gasteiger partial charge in [-0.3, -0.25) is 4.79 Å². The van der Waals surface area contributed by atoms with Crippen LogP contribution < -0.4 is 5.32 Å². The van der Waals surface area contributed by atoms with Crippen LogP contribution in [0, 0.1) is 0 Å². The molecule has 17 heavy (non-hydrogen) atoms. The summed E-state index contributed by atoms with van der Waals surface area (Å²) in [7, 11) is 1.79. The fourth-order valence-corrected chi connectivity index (χ4v) is 3.46. The minimum absolute atomic E-state index is 0.0473. The average molecular weight is 319 g/mol. The van der Waals surface area contributed by atoms with Gasteiger partial charge in [0.15, 0.2) is 0 Å². The van der Waals surface area contributed by atoms with Crippen molar-refractivity contribution in [2.75, 3.05) is 13.6 Å². The summed E-state index contributed by atoms with van der Waals surface area (Å²) in [6.45, 7) is 1.12. The average Bonchev–Trinajstić information content (AvgIpc) is 2.87. The first kappa shape index (κ1) is 13.0. The number of carbonyl (C=O) groups excluding carboxylic acids is 1. The molecule has 1 aliphatic heterocycles. The number of likely N-dealkylation sites (N-methyl/N-ethyl adjacent to an activating group) is 1. The van der Waals surface area contributed by atoms with Gasteiger partial charge in [0, 0.05) is 18.5 Å². The minimum Gasteiger partial charge on any atom is -0.392 e. The number of halogens is 1. The number of β-amino-alcohol motifs (C(OH)–C–C–N with tert-alkyl or cyclic N) is 1. The second-order valence-electron chi connectivity index (χ2n) is 4.25. The van der Waals surface area contributed by atoms with E-state index < -0.39 is 6.10 Å². The Kier molecular flexibility index (Phi) is 4.19. The quantitative estimate of drug-likeness (QED) is 0.880. The van der Waals surface area contributed by atoms with Gasteiger partial charge in [-0.15, -0.1) is 11.3 Å². The third-order valence-corrected chi connectivity index (χ3v) is 4.41. The van der Waals surface area contributed by atoms with E-state index in [0.29, 0.717) is 19.5 Å². The maximum atomic E-state index is 12.0. The van der Waals surface area contributed by atoms with E-state index in [-0.39, 0.29) is 11.9 Å². The first-order valence-electron chi connectivity index (χ1n) is 5.47. The van der Waals surface area contributed by atoms with Crippen LogP contribution in [-0.2, 0) is 11.3 Å². The molecule has 0 spiro atoms. The van der Waals surface area contributed by atoms with Crippen molar-refractivity contribution < 1.29 is 9.90 Å². The summed E-state index contributed by atoms with van der Waals surface area (Å²) >= 11 is 5.03. The Morgan fingerprint density at radius 3 is 3.00 bits per heavy atom. The third kappa shape index (κ3) is 3.28. The van der Waals surface area contributed by atoms with Gasteiger partial charge in [0.2, 0.25) is 5.91 Å². The second kappa shape index (κ2) is 5.48. The van der Waals surface area contributed by atoms with Crippen molar-refractivity contribution in [3.63, 3.8) is 0 Å². The van der Waals surface area contributed by atoms with E-state index in [9.17, 15) is 9.90 Å². The highest BCUT2D eigenvalue weighted by molar-refractivity contribution is 9.11. The summed E-state index contributed by atoms with van der Waals surface area (Å²) in [5.41, 5.74) is 0. The molecule has 1 aliphatic rings. The van der Waals surface area contributed by atoms with Crippen LogP contribution in [0.3, 0.4) is 0 Å². The fraction of sp³-hybridized carbons (Fsp3) is 0.545.